The molecule has 2 N–H and O–H groups in total. The summed E-state index contributed by atoms with van der Waals surface area (Å²) in [4.78, 5) is 19.9. The van der Waals surface area contributed by atoms with Gasteiger partial charge in [0.2, 0.25) is 5.91 Å². The lowest BCUT2D eigenvalue weighted by Crippen LogP contribution is -2.54. The van der Waals surface area contributed by atoms with Crippen molar-refractivity contribution >= 4 is 23.0 Å². The lowest BCUT2D eigenvalue weighted by atomic mass is 9.93. The number of aromatic amines is 1. The van der Waals surface area contributed by atoms with E-state index in [-0.39, 0.29) is 17.7 Å². The maximum absolute atomic E-state index is 12.7. The summed E-state index contributed by atoms with van der Waals surface area (Å²) in [5.41, 5.74) is 0.723. The molecule has 29 heavy (non-hydrogen) atoms. The van der Waals surface area contributed by atoms with Crippen molar-refractivity contribution in [3.05, 3.63) is 48.2 Å². The molecule has 1 aliphatic carbocycles. The number of nitrogens with one attached hydrogen (secondary N) is 2. The van der Waals surface area contributed by atoms with E-state index in [2.05, 4.69) is 21.4 Å². The molecule has 0 radical (unpaired) electrons. The molecule has 3 unspecified atom stereocenters. The summed E-state index contributed by atoms with van der Waals surface area (Å²) in [6.45, 7) is 0.607. The van der Waals surface area contributed by atoms with E-state index in [0.717, 1.165) is 22.9 Å². The molecule has 0 spiro atoms. The van der Waals surface area contributed by atoms with E-state index < -0.39 is 24.4 Å². The van der Waals surface area contributed by atoms with Gasteiger partial charge in [-0.2, -0.15) is 13.2 Å². The smallest absolute Gasteiger partial charge is 0.361 e. The van der Waals surface area contributed by atoms with Crippen LogP contribution in [-0.4, -0.2) is 48.1 Å². The number of carbonyl (C=O) groups excluding carboxylic acids is 1. The van der Waals surface area contributed by atoms with Gasteiger partial charge >= 0.3 is 6.18 Å². The third kappa shape index (κ3) is 4.22. The Labute approximate surface area is 166 Å². The highest BCUT2D eigenvalue weighted by Gasteiger charge is 2.46. The molecule has 154 valence electrons. The number of fused-ring (bicyclic) bond motifs is 1. The highest BCUT2D eigenvalue weighted by Crippen LogP contribution is 2.48. The van der Waals surface area contributed by atoms with Crippen LogP contribution in [0.25, 0.3) is 10.9 Å². The van der Waals surface area contributed by atoms with Crippen LogP contribution in [0.2, 0.25) is 0 Å². The Kier molecular flexibility index (Phi) is 4.98. The van der Waals surface area contributed by atoms with Crippen molar-refractivity contribution in [2.75, 3.05) is 13.2 Å². The van der Waals surface area contributed by atoms with Crippen molar-refractivity contribution in [2.45, 2.75) is 37.1 Å². The minimum atomic E-state index is -4.46. The molecular weight excluding hydrogens is 383 g/mol. The van der Waals surface area contributed by atoms with E-state index in [4.69, 9.17) is 4.74 Å². The largest absolute Gasteiger partial charge is 0.411 e. The van der Waals surface area contributed by atoms with Gasteiger partial charge in [-0.15, -0.1) is 0 Å². The number of aliphatic imine (C=N–C) groups is 1. The summed E-state index contributed by atoms with van der Waals surface area (Å²) in [7, 11) is 0. The molecular formula is C21H22F3N3O2. The number of aromatic nitrogens is 1. The second-order valence-corrected chi connectivity index (χ2v) is 7.66. The second kappa shape index (κ2) is 7.33. The van der Waals surface area contributed by atoms with Gasteiger partial charge in [0.05, 0.1) is 12.6 Å². The number of amides is 1. The van der Waals surface area contributed by atoms with Crippen LogP contribution in [-0.2, 0) is 9.53 Å². The van der Waals surface area contributed by atoms with Crippen molar-refractivity contribution in [1.29, 1.82) is 0 Å². The zero-order chi connectivity index (χ0) is 20.6. The molecule has 0 bridgehead atoms. The Balaban J connectivity index is 1.42. The molecule has 0 saturated heterocycles. The van der Waals surface area contributed by atoms with Crippen LogP contribution in [0.3, 0.4) is 0 Å². The molecule has 4 rings (SSSR count). The van der Waals surface area contributed by atoms with Crippen molar-refractivity contribution < 1.29 is 22.7 Å². The third-order valence-electron chi connectivity index (χ3n) is 5.54. The van der Waals surface area contributed by atoms with Crippen molar-refractivity contribution in [1.82, 2.24) is 10.3 Å². The maximum Gasteiger partial charge on any atom is 0.411 e. The van der Waals surface area contributed by atoms with Crippen LogP contribution < -0.4 is 5.32 Å². The number of ether oxygens (including phenoxy) is 1. The molecule has 1 saturated carbocycles. The summed E-state index contributed by atoms with van der Waals surface area (Å²) in [6.07, 6.45) is 2.66. The fourth-order valence-electron chi connectivity index (χ4n) is 3.80. The fourth-order valence-corrected chi connectivity index (χ4v) is 3.80. The second-order valence-electron chi connectivity index (χ2n) is 7.66. The molecule has 5 nitrogen and oxygen atoms in total. The fraction of sp³-hybridized carbons (Fsp3) is 0.429. The predicted molar refractivity (Wildman–Crippen MR) is 104 cm³/mol. The maximum atomic E-state index is 12.7. The number of carbonyl (C=O) groups is 1. The number of rotatable bonds is 6. The summed E-state index contributed by atoms with van der Waals surface area (Å²) in [5, 5.41) is 3.93. The monoisotopic (exact) mass is 405 g/mol. The topological polar surface area (TPSA) is 66.5 Å². The number of dihydropyridines is 1. The van der Waals surface area contributed by atoms with Gasteiger partial charge in [0.25, 0.3) is 0 Å². The lowest BCUT2D eigenvalue weighted by Gasteiger charge is -2.35. The average molecular weight is 405 g/mol. The molecule has 1 fully saturated rings. The number of benzene rings is 1. The molecule has 2 heterocycles. The van der Waals surface area contributed by atoms with E-state index in [1.807, 2.05) is 24.4 Å². The third-order valence-corrected chi connectivity index (χ3v) is 5.54. The first-order valence-corrected chi connectivity index (χ1v) is 9.54. The number of H-pyrrole nitrogens is 1. The number of hydrogen-bond donors (Lipinski definition) is 2. The van der Waals surface area contributed by atoms with Gasteiger partial charge in [-0.1, -0.05) is 12.1 Å². The van der Waals surface area contributed by atoms with Crippen LogP contribution in [0.1, 0.15) is 24.8 Å². The van der Waals surface area contributed by atoms with Crippen LogP contribution >= 0.6 is 0 Å². The predicted octanol–water partition coefficient (Wildman–Crippen LogP) is 3.73. The number of hydrogen-bond acceptors (Lipinski definition) is 3. The van der Waals surface area contributed by atoms with Gasteiger partial charge in [0.1, 0.15) is 12.2 Å². The quantitative estimate of drug-likeness (QED) is 0.719. The van der Waals surface area contributed by atoms with E-state index in [0.29, 0.717) is 6.54 Å². The Bertz CT molecular complexity index is 951. The highest BCUT2D eigenvalue weighted by molar-refractivity contribution is 5.86. The molecule has 1 amide bonds. The Morgan fingerprint density at radius 1 is 1.41 bits per heavy atom. The van der Waals surface area contributed by atoms with E-state index in [1.54, 1.807) is 19.1 Å². The molecule has 4 atom stereocenters. The molecule has 2 aromatic rings. The normalized spacial score (nSPS) is 27.2. The van der Waals surface area contributed by atoms with Crippen LogP contribution in [0.5, 0.6) is 0 Å². The molecule has 8 heteroatoms. The molecule has 1 aromatic heterocycles. The van der Waals surface area contributed by atoms with Crippen molar-refractivity contribution in [2.24, 2.45) is 10.9 Å². The summed E-state index contributed by atoms with van der Waals surface area (Å²) in [5.74, 6) is -0.263. The molecule has 1 aliphatic heterocycles. The molecule has 2 aliphatic rings. The van der Waals surface area contributed by atoms with Gasteiger partial charge in [0, 0.05) is 23.8 Å². The minimum Gasteiger partial charge on any atom is -0.361 e. The zero-order valence-electron chi connectivity index (χ0n) is 15.9. The first kappa shape index (κ1) is 19.7. The first-order chi connectivity index (χ1) is 13.8. The highest BCUT2D eigenvalue weighted by atomic mass is 19.4. The van der Waals surface area contributed by atoms with Gasteiger partial charge in [0.15, 0.2) is 0 Å². The minimum absolute atomic E-state index is 0.115. The van der Waals surface area contributed by atoms with Gasteiger partial charge in [-0.3, -0.25) is 9.79 Å². The van der Waals surface area contributed by atoms with Crippen molar-refractivity contribution in [3.63, 3.8) is 0 Å². The first-order valence-electron chi connectivity index (χ1n) is 9.54. The average Bonchev–Trinajstić information content (AvgIpc) is 3.36. The zero-order valence-corrected chi connectivity index (χ0v) is 15.9. The van der Waals surface area contributed by atoms with E-state index in [9.17, 15) is 18.0 Å². The van der Waals surface area contributed by atoms with Gasteiger partial charge in [-0.25, -0.2) is 0 Å². The van der Waals surface area contributed by atoms with Crippen LogP contribution in [0.4, 0.5) is 13.2 Å². The molecule has 1 aromatic carbocycles. The van der Waals surface area contributed by atoms with Gasteiger partial charge < -0.3 is 15.0 Å². The van der Waals surface area contributed by atoms with Crippen LogP contribution in [0.15, 0.2) is 47.6 Å². The number of nitrogens with zero attached hydrogens (tertiary/aromatic N) is 1. The lowest BCUT2D eigenvalue weighted by molar-refractivity contribution is -0.190. The standard InChI is InChI=1S/C21H22F3N3O2/c1-13(20(6-2-7-25-11-20)29-12-21(22,23)24)27-19(28)17-10-16(17)14-3-4-18-15(9-14)5-8-26-18/h2-6,8-9,11,13,16-17,26H,7,10,12H2,1H3,(H,27,28)/t13-,16?,17?,20?/m1/s1. The van der Waals surface area contributed by atoms with E-state index >= 15 is 0 Å². The number of alkyl halides is 3. The Morgan fingerprint density at radius 3 is 2.97 bits per heavy atom. The van der Waals surface area contributed by atoms with Crippen molar-refractivity contribution in [3.8, 4) is 0 Å². The Morgan fingerprint density at radius 2 is 2.24 bits per heavy atom. The Hall–Kier alpha value is -2.61. The summed E-state index contributed by atoms with van der Waals surface area (Å²) >= 11 is 0. The van der Waals surface area contributed by atoms with Crippen LogP contribution in [0, 0.1) is 5.92 Å². The summed E-state index contributed by atoms with van der Waals surface area (Å²) in [6, 6.07) is 7.35. The number of halogens is 3. The summed E-state index contributed by atoms with van der Waals surface area (Å²) < 4.78 is 43.2. The van der Waals surface area contributed by atoms with Gasteiger partial charge in [-0.05, 0) is 54.5 Å². The van der Waals surface area contributed by atoms with E-state index in [1.165, 1.54) is 6.21 Å². The SMILES string of the molecule is C[C@@H](NC(=O)C1CC1c1ccc2[nH]ccc2c1)C1(OCC(F)(F)F)C=CCN=C1.